The van der Waals surface area contributed by atoms with Gasteiger partial charge in [-0.1, -0.05) is 42.5 Å². The summed E-state index contributed by atoms with van der Waals surface area (Å²) in [6, 6.07) is 23.2. The van der Waals surface area contributed by atoms with Crippen LogP contribution in [0.25, 0.3) is 6.08 Å². The Morgan fingerprint density at radius 1 is 1.00 bits per heavy atom. The predicted molar refractivity (Wildman–Crippen MR) is 131 cm³/mol. The standard InChI is InChI=1S/C28H29NO4/c1-32-27-14-8-21(19-28(27)33-20-22-5-3-2-4-6-22)7-13-26(31)23-9-11-24(12-10-23)29-17-15-25(30)16-18-29/h2-14,19,25,30H,15-18,20H2,1H3. The lowest BCUT2D eigenvalue weighted by Gasteiger charge is -2.31. The van der Waals surface area contributed by atoms with Crippen molar-refractivity contribution in [2.24, 2.45) is 0 Å². The molecule has 1 aliphatic rings. The van der Waals surface area contributed by atoms with Gasteiger partial charge in [0.15, 0.2) is 17.3 Å². The molecule has 3 aromatic carbocycles. The van der Waals surface area contributed by atoms with Gasteiger partial charge in [0.2, 0.25) is 0 Å². The minimum Gasteiger partial charge on any atom is -0.493 e. The number of anilines is 1. The molecule has 1 heterocycles. The Hall–Kier alpha value is -3.57. The summed E-state index contributed by atoms with van der Waals surface area (Å²) in [6.45, 7) is 2.10. The van der Waals surface area contributed by atoms with Crippen molar-refractivity contribution in [1.82, 2.24) is 0 Å². The molecular formula is C28H29NO4. The number of nitrogens with zero attached hydrogens (tertiary/aromatic N) is 1. The molecule has 4 rings (SSSR count). The molecule has 1 N–H and O–H groups in total. The molecule has 33 heavy (non-hydrogen) atoms. The van der Waals surface area contributed by atoms with E-state index in [9.17, 15) is 9.90 Å². The molecule has 3 aromatic rings. The first-order chi connectivity index (χ1) is 16.1. The van der Waals surface area contributed by atoms with Gasteiger partial charge in [0.1, 0.15) is 6.61 Å². The average molecular weight is 444 g/mol. The molecule has 5 nitrogen and oxygen atoms in total. The highest BCUT2D eigenvalue weighted by molar-refractivity contribution is 6.07. The van der Waals surface area contributed by atoms with Gasteiger partial charge in [0.05, 0.1) is 13.2 Å². The normalized spacial score (nSPS) is 14.4. The van der Waals surface area contributed by atoms with Crippen LogP contribution in [0, 0.1) is 0 Å². The lowest BCUT2D eigenvalue weighted by molar-refractivity contribution is 0.104. The molecule has 0 aromatic heterocycles. The number of ketones is 1. The molecule has 5 heteroatoms. The number of benzene rings is 3. The smallest absolute Gasteiger partial charge is 0.185 e. The van der Waals surface area contributed by atoms with E-state index in [0.29, 0.717) is 23.7 Å². The highest BCUT2D eigenvalue weighted by atomic mass is 16.5. The van der Waals surface area contributed by atoms with Crippen molar-refractivity contribution in [2.75, 3.05) is 25.1 Å². The Morgan fingerprint density at radius 3 is 2.42 bits per heavy atom. The fraction of sp³-hybridized carbons (Fsp3) is 0.250. The third kappa shape index (κ3) is 6.02. The molecule has 0 spiro atoms. The zero-order valence-electron chi connectivity index (χ0n) is 18.8. The van der Waals surface area contributed by atoms with Crippen LogP contribution in [0.5, 0.6) is 11.5 Å². The van der Waals surface area contributed by atoms with Crippen molar-refractivity contribution in [2.45, 2.75) is 25.6 Å². The maximum Gasteiger partial charge on any atom is 0.185 e. The van der Waals surface area contributed by atoms with Gasteiger partial charge >= 0.3 is 0 Å². The Morgan fingerprint density at radius 2 is 1.73 bits per heavy atom. The van der Waals surface area contributed by atoms with Crippen molar-refractivity contribution in [3.05, 3.63) is 95.6 Å². The van der Waals surface area contributed by atoms with E-state index in [1.54, 1.807) is 19.3 Å². The van der Waals surface area contributed by atoms with Gasteiger partial charge < -0.3 is 19.5 Å². The highest BCUT2D eigenvalue weighted by Crippen LogP contribution is 2.29. The van der Waals surface area contributed by atoms with Crippen LogP contribution in [0.1, 0.15) is 34.3 Å². The fourth-order valence-electron chi connectivity index (χ4n) is 3.87. The summed E-state index contributed by atoms with van der Waals surface area (Å²) in [5.74, 6) is 1.22. The molecular weight excluding hydrogens is 414 g/mol. The fourth-order valence-corrected chi connectivity index (χ4v) is 3.87. The Kier molecular flexibility index (Phi) is 7.43. The molecule has 0 unspecified atom stereocenters. The lowest BCUT2D eigenvalue weighted by atomic mass is 10.1. The van der Waals surface area contributed by atoms with Crippen molar-refractivity contribution in [3.63, 3.8) is 0 Å². The van der Waals surface area contributed by atoms with Crippen LogP contribution in [0.15, 0.2) is 78.9 Å². The van der Waals surface area contributed by atoms with E-state index in [2.05, 4.69) is 4.90 Å². The van der Waals surface area contributed by atoms with Crippen LogP contribution < -0.4 is 14.4 Å². The van der Waals surface area contributed by atoms with Crippen LogP contribution >= 0.6 is 0 Å². The summed E-state index contributed by atoms with van der Waals surface area (Å²) in [7, 11) is 1.61. The highest BCUT2D eigenvalue weighted by Gasteiger charge is 2.17. The number of aliphatic hydroxyl groups is 1. The first-order valence-electron chi connectivity index (χ1n) is 11.2. The Balaban J connectivity index is 1.41. The monoisotopic (exact) mass is 443 g/mol. The van der Waals surface area contributed by atoms with Crippen molar-refractivity contribution >= 4 is 17.5 Å². The molecule has 0 radical (unpaired) electrons. The minimum atomic E-state index is -0.200. The van der Waals surface area contributed by atoms with E-state index in [-0.39, 0.29) is 11.9 Å². The van der Waals surface area contributed by atoms with E-state index >= 15 is 0 Å². The molecule has 0 aliphatic carbocycles. The molecule has 0 bridgehead atoms. The number of allylic oxidation sites excluding steroid dienone is 1. The van der Waals surface area contributed by atoms with Crippen LogP contribution in [-0.4, -0.2) is 37.2 Å². The molecule has 0 atom stereocenters. The number of piperidine rings is 1. The van der Waals surface area contributed by atoms with Gasteiger partial charge in [-0.15, -0.1) is 0 Å². The zero-order chi connectivity index (χ0) is 23.0. The molecule has 1 aliphatic heterocycles. The van der Waals surface area contributed by atoms with Gasteiger partial charge in [-0.05, 0) is 66.4 Å². The van der Waals surface area contributed by atoms with E-state index in [1.165, 1.54) is 0 Å². The molecule has 0 amide bonds. The second kappa shape index (κ2) is 10.8. The summed E-state index contributed by atoms with van der Waals surface area (Å²) in [5.41, 5.74) is 3.65. The maximum atomic E-state index is 12.7. The third-order valence-electron chi connectivity index (χ3n) is 5.83. The van der Waals surface area contributed by atoms with Crippen LogP contribution in [0.3, 0.4) is 0 Å². The number of carbonyl (C=O) groups excluding carboxylic acids is 1. The number of ether oxygens (including phenoxy) is 2. The van der Waals surface area contributed by atoms with E-state index in [0.717, 1.165) is 42.7 Å². The van der Waals surface area contributed by atoms with Gasteiger partial charge in [-0.25, -0.2) is 0 Å². The number of carbonyl (C=O) groups is 1. The molecule has 0 saturated carbocycles. The summed E-state index contributed by atoms with van der Waals surface area (Å²) >= 11 is 0. The number of aliphatic hydroxyl groups excluding tert-OH is 1. The van der Waals surface area contributed by atoms with Crippen molar-refractivity contribution in [3.8, 4) is 11.5 Å². The van der Waals surface area contributed by atoms with Crippen molar-refractivity contribution < 1.29 is 19.4 Å². The summed E-state index contributed by atoms with van der Waals surface area (Å²) in [4.78, 5) is 14.9. The predicted octanol–water partition coefficient (Wildman–Crippen LogP) is 5.13. The summed E-state index contributed by atoms with van der Waals surface area (Å²) < 4.78 is 11.4. The summed E-state index contributed by atoms with van der Waals surface area (Å²) in [5, 5.41) is 9.68. The van der Waals surface area contributed by atoms with Crippen LogP contribution in [0.4, 0.5) is 5.69 Å². The molecule has 170 valence electrons. The number of hydrogen-bond acceptors (Lipinski definition) is 5. The summed E-state index contributed by atoms with van der Waals surface area (Å²) in [6.07, 6.45) is 4.73. The number of rotatable bonds is 8. The number of methoxy groups -OCH3 is 1. The van der Waals surface area contributed by atoms with Gasteiger partial charge in [-0.3, -0.25) is 4.79 Å². The van der Waals surface area contributed by atoms with E-state index in [4.69, 9.17) is 9.47 Å². The third-order valence-corrected chi connectivity index (χ3v) is 5.83. The average Bonchev–Trinajstić information content (AvgIpc) is 2.87. The van der Waals surface area contributed by atoms with Gasteiger partial charge in [-0.2, -0.15) is 0 Å². The van der Waals surface area contributed by atoms with E-state index in [1.807, 2.05) is 72.8 Å². The second-order valence-corrected chi connectivity index (χ2v) is 8.15. The Labute approximate surface area is 194 Å². The van der Waals surface area contributed by atoms with Crippen LogP contribution in [-0.2, 0) is 6.61 Å². The largest absolute Gasteiger partial charge is 0.493 e. The first-order valence-corrected chi connectivity index (χ1v) is 11.2. The van der Waals surface area contributed by atoms with Crippen molar-refractivity contribution in [1.29, 1.82) is 0 Å². The zero-order valence-corrected chi connectivity index (χ0v) is 18.8. The second-order valence-electron chi connectivity index (χ2n) is 8.15. The van der Waals surface area contributed by atoms with Gasteiger partial charge in [0.25, 0.3) is 0 Å². The minimum absolute atomic E-state index is 0.0572. The van der Waals surface area contributed by atoms with E-state index < -0.39 is 0 Å². The topological polar surface area (TPSA) is 59.0 Å². The molecule has 1 saturated heterocycles. The quantitative estimate of drug-likeness (QED) is 0.386. The lowest BCUT2D eigenvalue weighted by Crippen LogP contribution is -2.35. The van der Waals surface area contributed by atoms with Crippen LogP contribution in [0.2, 0.25) is 0 Å². The van der Waals surface area contributed by atoms with Gasteiger partial charge in [0, 0.05) is 24.3 Å². The SMILES string of the molecule is COc1ccc(C=CC(=O)c2ccc(N3CCC(O)CC3)cc2)cc1OCc1ccccc1. The number of hydrogen-bond donors (Lipinski definition) is 1. The Bertz CT molecular complexity index is 1080. The first kappa shape index (κ1) is 22.6. The maximum absolute atomic E-state index is 12.7. The molecule has 1 fully saturated rings.